The molecular formula is C27H35N3O2. The van der Waals surface area contributed by atoms with Crippen molar-refractivity contribution in [1.82, 2.24) is 9.80 Å². The highest BCUT2D eigenvalue weighted by molar-refractivity contribution is 6.01. The molecule has 4 rings (SSSR count). The van der Waals surface area contributed by atoms with Crippen LogP contribution in [0.15, 0.2) is 36.4 Å². The molecule has 1 aliphatic heterocycles. The van der Waals surface area contributed by atoms with Gasteiger partial charge in [0.15, 0.2) is 0 Å². The minimum absolute atomic E-state index is 0.00956. The van der Waals surface area contributed by atoms with Crippen LogP contribution in [0.4, 0.5) is 5.69 Å². The zero-order valence-corrected chi connectivity index (χ0v) is 19.8. The number of carbonyl (C=O) groups excluding carboxylic acids is 2. The third-order valence-corrected chi connectivity index (χ3v) is 7.26. The van der Waals surface area contributed by atoms with E-state index in [1.54, 1.807) is 19.0 Å². The van der Waals surface area contributed by atoms with Gasteiger partial charge in [0.1, 0.15) is 0 Å². The number of amides is 2. The molecule has 0 radical (unpaired) electrons. The van der Waals surface area contributed by atoms with Gasteiger partial charge in [0.05, 0.1) is 0 Å². The topological polar surface area (TPSA) is 52.7 Å². The highest BCUT2D eigenvalue weighted by atomic mass is 16.2. The highest BCUT2D eigenvalue weighted by Gasteiger charge is 2.30. The van der Waals surface area contributed by atoms with Crippen molar-refractivity contribution < 1.29 is 9.59 Å². The van der Waals surface area contributed by atoms with Gasteiger partial charge in [-0.25, -0.2) is 0 Å². The van der Waals surface area contributed by atoms with Gasteiger partial charge in [-0.05, 0) is 79.3 Å². The summed E-state index contributed by atoms with van der Waals surface area (Å²) in [4.78, 5) is 29.9. The van der Waals surface area contributed by atoms with Crippen LogP contribution in [0.3, 0.4) is 0 Å². The van der Waals surface area contributed by atoms with E-state index in [9.17, 15) is 9.59 Å². The Balaban J connectivity index is 1.51. The lowest BCUT2D eigenvalue weighted by atomic mass is 9.77. The Morgan fingerprint density at radius 2 is 1.59 bits per heavy atom. The molecule has 2 aromatic rings. The van der Waals surface area contributed by atoms with Gasteiger partial charge in [-0.2, -0.15) is 0 Å². The zero-order chi connectivity index (χ0) is 22.8. The fraction of sp³-hybridized carbons (Fsp3) is 0.481. The Hall–Kier alpha value is -2.82. The van der Waals surface area contributed by atoms with Crippen LogP contribution in [0, 0.1) is 6.92 Å². The minimum Gasteiger partial charge on any atom is -0.388 e. The van der Waals surface area contributed by atoms with Gasteiger partial charge in [-0.3, -0.25) is 9.59 Å². The lowest BCUT2D eigenvalue weighted by Crippen LogP contribution is -2.38. The van der Waals surface area contributed by atoms with Gasteiger partial charge in [-0.1, -0.05) is 24.6 Å². The molecule has 0 spiro atoms. The van der Waals surface area contributed by atoms with Crippen LogP contribution >= 0.6 is 0 Å². The molecular weight excluding hydrogens is 398 g/mol. The van der Waals surface area contributed by atoms with Crippen LogP contribution in [-0.4, -0.2) is 55.8 Å². The Labute approximate surface area is 191 Å². The van der Waals surface area contributed by atoms with Crippen LogP contribution in [0.2, 0.25) is 0 Å². The molecule has 2 amide bonds. The van der Waals surface area contributed by atoms with Crippen LogP contribution in [0.25, 0.3) is 0 Å². The number of benzene rings is 2. The standard InChI is InChI=1S/C27H35N3O2/c1-18-16-24(21-6-5-7-21)25(26(31)29(3)4)17-23(18)27(32)30-14-12-20(13-15-30)19-8-10-22(28-2)11-9-19/h8-11,16-17,20-21,28H,5-7,12-15H2,1-4H3. The normalized spacial score (nSPS) is 17.1. The molecule has 170 valence electrons. The molecule has 1 saturated carbocycles. The summed E-state index contributed by atoms with van der Waals surface area (Å²) >= 11 is 0. The van der Waals surface area contributed by atoms with Crippen molar-refractivity contribution >= 4 is 17.5 Å². The van der Waals surface area contributed by atoms with Gasteiger partial charge in [0.25, 0.3) is 11.8 Å². The van der Waals surface area contributed by atoms with Crippen molar-refractivity contribution in [2.45, 2.75) is 50.9 Å². The van der Waals surface area contributed by atoms with E-state index in [-0.39, 0.29) is 11.8 Å². The zero-order valence-electron chi connectivity index (χ0n) is 19.8. The van der Waals surface area contributed by atoms with Crippen molar-refractivity contribution in [2.75, 3.05) is 39.5 Å². The third-order valence-electron chi connectivity index (χ3n) is 7.26. The average molecular weight is 434 g/mol. The number of likely N-dealkylation sites (tertiary alicyclic amines) is 1. The number of hydrogen-bond acceptors (Lipinski definition) is 3. The summed E-state index contributed by atoms with van der Waals surface area (Å²) in [5, 5.41) is 3.16. The third kappa shape index (κ3) is 4.38. The van der Waals surface area contributed by atoms with Crippen molar-refractivity contribution in [3.05, 3.63) is 64.2 Å². The molecule has 5 heteroatoms. The van der Waals surface area contributed by atoms with E-state index in [0.717, 1.165) is 55.6 Å². The monoisotopic (exact) mass is 433 g/mol. The second kappa shape index (κ2) is 9.35. The van der Waals surface area contributed by atoms with Crippen molar-refractivity contribution in [2.24, 2.45) is 0 Å². The molecule has 0 atom stereocenters. The predicted octanol–water partition coefficient (Wildman–Crippen LogP) is 5.03. The summed E-state index contributed by atoms with van der Waals surface area (Å²) in [5.74, 6) is 0.976. The number of anilines is 1. The maximum absolute atomic E-state index is 13.4. The van der Waals surface area contributed by atoms with Gasteiger partial charge in [0, 0.05) is 51.0 Å². The molecule has 0 unspecified atom stereocenters. The first-order valence-corrected chi connectivity index (χ1v) is 11.8. The molecule has 5 nitrogen and oxygen atoms in total. The molecule has 2 aromatic carbocycles. The highest BCUT2D eigenvalue weighted by Crippen LogP contribution is 2.39. The minimum atomic E-state index is -0.00956. The molecule has 0 aromatic heterocycles. The van der Waals surface area contributed by atoms with Gasteiger partial charge >= 0.3 is 0 Å². The summed E-state index contributed by atoms with van der Waals surface area (Å²) in [6.07, 6.45) is 5.40. The number of carbonyl (C=O) groups is 2. The summed E-state index contributed by atoms with van der Waals surface area (Å²) in [6.45, 7) is 3.51. The Bertz CT molecular complexity index is 985. The molecule has 1 aliphatic carbocycles. The molecule has 2 fully saturated rings. The molecule has 0 bridgehead atoms. The van der Waals surface area contributed by atoms with Gasteiger partial charge in [-0.15, -0.1) is 0 Å². The Kier molecular flexibility index (Phi) is 6.54. The predicted molar refractivity (Wildman–Crippen MR) is 130 cm³/mol. The van der Waals surface area contributed by atoms with E-state index in [0.29, 0.717) is 23.0 Å². The first-order valence-electron chi connectivity index (χ1n) is 11.8. The summed E-state index contributed by atoms with van der Waals surface area (Å²) in [5.41, 5.74) is 5.94. The number of rotatable bonds is 5. The van der Waals surface area contributed by atoms with Crippen molar-refractivity contribution in [3.8, 4) is 0 Å². The fourth-order valence-corrected chi connectivity index (χ4v) is 4.95. The average Bonchev–Trinajstić information content (AvgIpc) is 2.77. The number of nitrogens with one attached hydrogen (secondary N) is 1. The number of nitrogens with zero attached hydrogens (tertiary/aromatic N) is 2. The lowest BCUT2D eigenvalue weighted by molar-refractivity contribution is 0.0712. The number of piperidine rings is 1. The quantitative estimate of drug-likeness (QED) is 0.720. The Morgan fingerprint density at radius 3 is 2.12 bits per heavy atom. The van der Waals surface area contributed by atoms with Crippen LogP contribution in [0.5, 0.6) is 0 Å². The number of hydrogen-bond donors (Lipinski definition) is 1. The van der Waals surface area contributed by atoms with E-state index in [2.05, 4.69) is 35.6 Å². The summed E-state index contributed by atoms with van der Waals surface area (Å²) in [6, 6.07) is 12.6. The molecule has 1 N–H and O–H groups in total. The first-order chi connectivity index (χ1) is 15.4. The lowest BCUT2D eigenvalue weighted by Gasteiger charge is -2.33. The summed E-state index contributed by atoms with van der Waals surface area (Å²) in [7, 11) is 5.49. The second-order valence-corrected chi connectivity index (χ2v) is 9.52. The van der Waals surface area contributed by atoms with Crippen LogP contribution < -0.4 is 5.32 Å². The number of aryl methyl sites for hydroxylation is 1. The van der Waals surface area contributed by atoms with Gasteiger partial charge in [0.2, 0.25) is 0 Å². The first kappa shape index (κ1) is 22.4. The van der Waals surface area contributed by atoms with E-state index < -0.39 is 0 Å². The molecule has 2 aliphatic rings. The van der Waals surface area contributed by atoms with E-state index in [1.807, 2.05) is 24.9 Å². The smallest absolute Gasteiger partial charge is 0.254 e. The van der Waals surface area contributed by atoms with Crippen molar-refractivity contribution in [1.29, 1.82) is 0 Å². The Morgan fingerprint density at radius 1 is 0.938 bits per heavy atom. The molecule has 1 saturated heterocycles. The molecule has 32 heavy (non-hydrogen) atoms. The maximum Gasteiger partial charge on any atom is 0.254 e. The SMILES string of the molecule is CNc1ccc(C2CCN(C(=O)c3cc(C(=O)N(C)C)c(C4CCC4)cc3C)CC2)cc1. The van der Waals surface area contributed by atoms with Crippen LogP contribution in [-0.2, 0) is 0 Å². The largest absolute Gasteiger partial charge is 0.388 e. The van der Waals surface area contributed by atoms with E-state index in [1.165, 1.54) is 12.0 Å². The van der Waals surface area contributed by atoms with E-state index >= 15 is 0 Å². The maximum atomic E-state index is 13.4. The summed E-state index contributed by atoms with van der Waals surface area (Å²) < 4.78 is 0. The van der Waals surface area contributed by atoms with Crippen molar-refractivity contribution in [3.63, 3.8) is 0 Å². The molecule has 1 heterocycles. The fourth-order valence-electron chi connectivity index (χ4n) is 4.95. The second-order valence-electron chi connectivity index (χ2n) is 9.52. The van der Waals surface area contributed by atoms with E-state index in [4.69, 9.17) is 0 Å². The van der Waals surface area contributed by atoms with Crippen LogP contribution in [0.1, 0.15) is 81.3 Å². The van der Waals surface area contributed by atoms with Gasteiger partial charge < -0.3 is 15.1 Å².